The second-order valence-corrected chi connectivity index (χ2v) is 8.07. The highest BCUT2D eigenvalue weighted by Gasteiger charge is 2.26. The smallest absolute Gasteiger partial charge is 0.233 e. The Morgan fingerprint density at radius 3 is 2.63 bits per heavy atom. The van der Waals surface area contributed by atoms with Crippen molar-refractivity contribution in [3.63, 3.8) is 0 Å². The van der Waals surface area contributed by atoms with Crippen LogP contribution in [0.4, 0.5) is 0 Å². The lowest BCUT2D eigenvalue weighted by Crippen LogP contribution is -2.35. The van der Waals surface area contributed by atoms with Gasteiger partial charge in [-0.3, -0.25) is 9.36 Å². The average Bonchev–Trinajstić information content (AvgIpc) is 3.44. The molecular formula is C22H25N3OS. The molecule has 0 bridgehead atoms. The fourth-order valence-corrected chi connectivity index (χ4v) is 4.28. The normalized spacial score (nSPS) is 13.8. The molecule has 1 aliphatic rings. The number of aromatic nitrogens is 2. The molecule has 140 valence electrons. The van der Waals surface area contributed by atoms with Crippen molar-refractivity contribution < 1.29 is 4.79 Å². The maximum Gasteiger partial charge on any atom is 0.233 e. The summed E-state index contributed by atoms with van der Waals surface area (Å²) in [6, 6.07) is 18.4. The summed E-state index contributed by atoms with van der Waals surface area (Å²) in [4.78, 5) is 19.6. The van der Waals surface area contributed by atoms with Crippen molar-refractivity contribution in [2.75, 3.05) is 18.8 Å². The zero-order valence-electron chi connectivity index (χ0n) is 15.7. The van der Waals surface area contributed by atoms with E-state index in [9.17, 15) is 4.79 Å². The molecule has 1 heterocycles. The maximum absolute atomic E-state index is 12.8. The molecule has 0 radical (unpaired) electrons. The van der Waals surface area contributed by atoms with Crippen LogP contribution in [0.25, 0.3) is 16.7 Å². The Hall–Kier alpha value is -2.27. The van der Waals surface area contributed by atoms with Crippen molar-refractivity contribution in [1.29, 1.82) is 0 Å². The number of benzene rings is 2. The molecule has 1 amide bonds. The van der Waals surface area contributed by atoms with E-state index in [4.69, 9.17) is 4.98 Å². The van der Waals surface area contributed by atoms with E-state index in [0.29, 0.717) is 5.75 Å². The first kappa shape index (κ1) is 18.1. The van der Waals surface area contributed by atoms with Gasteiger partial charge in [0.2, 0.25) is 5.91 Å². The number of hydrogen-bond acceptors (Lipinski definition) is 3. The van der Waals surface area contributed by atoms with Crippen LogP contribution >= 0.6 is 11.8 Å². The molecule has 1 fully saturated rings. The molecule has 4 nitrogen and oxygen atoms in total. The Bertz CT molecular complexity index is 918. The molecule has 0 saturated heterocycles. The van der Waals surface area contributed by atoms with Crippen LogP contribution in [0.15, 0.2) is 59.8 Å². The Morgan fingerprint density at radius 2 is 1.89 bits per heavy atom. The monoisotopic (exact) mass is 379 g/mol. The quantitative estimate of drug-likeness (QED) is 0.529. The molecule has 0 atom stereocenters. The van der Waals surface area contributed by atoms with Crippen molar-refractivity contribution in [2.45, 2.75) is 31.3 Å². The topological polar surface area (TPSA) is 38.1 Å². The van der Waals surface area contributed by atoms with Crippen LogP contribution in [0.1, 0.15) is 26.2 Å². The minimum Gasteiger partial charge on any atom is -0.342 e. The second-order valence-electron chi connectivity index (χ2n) is 7.13. The molecule has 27 heavy (non-hydrogen) atoms. The highest BCUT2D eigenvalue weighted by Crippen LogP contribution is 2.31. The van der Waals surface area contributed by atoms with Gasteiger partial charge in [0.05, 0.1) is 16.8 Å². The van der Waals surface area contributed by atoms with Gasteiger partial charge >= 0.3 is 0 Å². The number of imidazole rings is 1. The lowest BCUT2D eigenvalue weighted by atomic mass is 10.3. The third-order valence-electron chi connectivity index (χ3n) is 4.89. The van der Waals surface area contributed by atoms with Crippen LogP contribution in [-0.4, -0.2) is 39.2 Å². The number of thioether (sulfide) groups is 1. The molecule has 0 aliphatic heterocycles. The fraction of sp³-hybridized carbons (Fsp3) is 0.364. The van der Waals surface area contributed by atoms with E-state index in [2.05, 4.69) is 29.7 Å². The Labute approximate surface area is 164 Å². The molecule has 1 aliphatic carbocycles. The van der Waals surface area contributed by atoms with Crippen molar-refractivity contribution in [3.05, 3.63) is 54.6 Å². The van der Waals surface area contributed by atoms with Crippen LogP contribution in [0.3, 0.4) is 0 Å². The molecule has 4 rings (SSSR count). The number of para-hydroxylation sites is 3. The van der Waals surface area contributed by atoms with Crippen molar-refractivity contribution >= 4 is 28.7 Å². The molecule has 3 aromatic rings. The van der Waals surface area contributed by atoms with Gasteiger partial charge in [-0.2, -0.15) is 0 Å². The van der Waals surface area contributed by atoms with E-state index in [-0.39, 0.29) is 5.91 Å². The van der Waals surface area contributed by atoms with E-state index in [1.165, 1.54) is 24.6 Å². The van der Waals surface area contributed by atoms with Crippen LogP contribution in [0.2, 0.25) is 0 Å². The molecular weight excluding hydrogens is 354 g/mol. The van der Waals surface area contributed by atoms with E-state index >= 15 is 0 Å². The van der Waals surface area contributed by atoms with Gasteiger partial charge in [-0.15, -0.1) is 0 Å². The minimum absolute atomic E-state index is 0.223. The summed E-state index contributed by atoms with van der Waals surface area (Å²) < 4.78 is 2.15. The van der Waals surface area contributed by atoms with Crippen LogP contribution in [-0.2, 0) is 4.79 Å². The molecule has 0 unspecified atom stereocenters. The van der Waals surface area contributed by atoms with E-state index in [0.717, 1.165) is 47.3 Å². The minimum atomic E-state index is 0.223. The summed E-state index contributed by atoms with van der Waals surface area (Å²) in [5.41, 5.74) is 3.10. The Balaban J connectivity index is 1.57. The summed E-state index contributed by atoms with van der Waals surface area (Å²) in [6.07, 6.45) is 3.54. The summed E-state index contributed by atoms with van der Waals surface area (Å²) in [7, 11) is 0. The Kier molecular flexibility index (Phi) is 5.48. The van der Waals surface area contributed by atoms with Crippen molar-refractivity contribution in [2.24, 2.45) is 5.92 Å². The van der Waals surface area contributed by atoms with Crippen LogP contribution in [0, 0.1) is 5.92 Å². The van der Waals surface area contributed by atoms with Crippen LogP contribution in [0.5, 0.6) is 0 Å². The lowest BCUT2D eigenvalue weighted by Gasteiger charge is -2.21. The summed E-state index contributed by atoms with van der Waals surface area (Å²) >= 11 is 1.54. The van der Waals surface area contributed by atoms with Gasteiger partial charge in [0.25, 0.3) is 0 Å². The largest absolute Gasteiger partial charge is 0.342 e. The van der Waals surface area contributed by atoms with Gasteiger partial charge in [0, 0.05) is 18.8 Å². The van der Waals surface area contributed by atoms with Gasteiger partial charge in [0.15, 0.2) is 5.16 Å². The first-order chi connectivity index (χ1) is 13.3. The second kappa shape index (κ2) is 8.17. The maximum atomic E-state index is 12.8. The van der Waals surface area contributed by atoms with Crippen LogP contribution < -0.4 is 0 Å². The van der Waals surface area contributed by atoms with Crippen molar-refractivity contribution in [1.82, 2.24) is 14.5 Å². The van der Waals surface area contributed by atoms with Gasteiger partial charge in [0.1, 0.15) is 0 Å². The first-order valence-electron chi connectivity index (χ1n) is 9.69. The first-order valence-corrected chi connectivity index (χ1v) is 10.7. The predicted molar refractivity (Wildman–Crippen MR) is 111 cm³/mol. The number of amides is 1. The highest BCUT2D eigenvalue weighted by atomic mass is 32.2. The molecule has 0 N–H and O–H groups in total. The zero-order valence-corrected chi connectivity index (χ0v) is 16.5. The number of carbonyl (C=O) groups is 1. The third kappa shape index (κ3) is 4.19. The predicted octanol–water partition coefficient (Wildman–Crippen LogP) is 4.77. The van der Waals surface area contributed by atoms with Gasteiger partial charge in [-0.25, -0.2) is 4.98 Å². The third-order valence-corrected chi connectivity index (χ3v) is 5.81. The number of carbonyl (C=O) groups excluding carboxylic acids is 1. The number of hydrogen-bond donors (Lipinski definition) is 0. The lowest BCUT2D eigenvalue weighted by molar-refractivity contribution is -0.128. The Morgan fingerprint density at radius 1 is 1.15 bits per heavy atom. The standard InChI is InChI=1S/C22H25N3OS/c1-2-14-24(15-17-12-13-17)21(26)16-27-22-23-19-10-6-7-11-20(19)25(22)18-8-4-3-5-9-18/h3-11,17H,2,12-16H2,1H3. The molecule has 1 saturated carbocycles. The number of fused-ring (bicyclic) bond motifs is 1. The summed E-state index contributed by atoms with van der Waals surface area (Å²) in [5.74, 6) is 1.38. The summed E-state index contributed by atoms with van der Waals surface area (Å²) in [5, 5.41) is 0.874. The van der Waals surface area contributed by atoms with Gasteiger partial charge < -0.3 is 4.90 Å². The van der Waals surface area contributed by atoms with Gasteiger partial charge in [-0.05, 0) is 49.4 Å². The SMILES string of the molecule is CCCN(CC1CC1)C(=O)CSc1nc2ccccc2n1-c1ccccc1. The summed E-state index contributed by atoms with van der Waals surface area (Å²) in [6.45, 7) is 3.91. The molecule has 5 heteroatoms. The van der Waals surface area contributed by atoms with E-state index in [1.807, 2.05) is 41.3 Å². The van der Waals surface area contributed by atoms with Gasteiger partial charge in [-0.1, -0.05) is 49.0 Å². The molecule has 1 aromatic heterocycles. The van der Waals surface area contributed by atoms with E-state index < -0.39 is 0 Å². The zero-order chi connectivity index (χ0) is 18.6. The number of nitrogens with zero attached hydrogens (tertiary/aromatic N) is 3. The van der Waals surface area contributed by atoms with Crippen molar-refractivity contribution in [3.8, 4) is 5.69 Å². The molecule has 2 aromatic carbocycles. The highest BCUT2D eigenvalue weighted by molar-refractivity contribution is 7.99. The fourth-order valence-electron chi connectivity index (χ4n) is 3.34. The average molecular weight is 380 g/mol. The number of rotatable bonds is 8. The molecule has 0 spiro atoms. The van der Waals surface area contributed by atoms with E-state index in [1.54, 1.807) is 0 Å².